The van der Waals surface area contributed by atoms with Crippen LogP contribution in [-0.4, -0.2) is 38.3 Å². The van der Waals surface area contributed by atoms with Gasteiger partial charge in [-0.1, -0.05) is 91.0 Å². The number of aliphatic hydroxyl groups excluding tert-OH is 1. The van der Waals surface area contributed by atoms with Crippen molar-refractivity contribution < 1.29 is 9.94 Å². The van der Waals surface area contributed by atoms with Crippen LogP contribution in [0.4, 0.5) is 5.82 Å². The quantitative estimate of drug-likeness (QED) is 0.225. The molecule has 1 unspecified atom stereocenters. The zero-order valence-electron chi connectivity index (χ0n) is 20.4. The second-order valence-corrected chi connectivity index (χ2v) is 8.74. The predicted octanol–water partition coefficient (Wildman–Crippen LogP) is 5.13. The summed E-state index contributed by atoms with van der Waals surface area (Å²) < 4.78 is 1.99. The van der Waals surface area contributed by atoms with E-state index in [-0.39, 0.29) is 12.6 Å². The number of rotatable bonds is 9. The molecule has 0 spiro atoms. The Labute approximate surface area is 210 Å². The molecule has 3 aromatic carbocycles. The number of nitrogens with one attached hydrogen (secondary N) is 1. The summed E-state index contributed by atoms with van der Waals surface area (Å²) in [5.41, 5.74) is 6.52. The van der Waals surface area contributed by atoms with Crippen molar-refractivity contribution in [3.05, 3.63) is 120 Å². The number of imidazole rings is 1. The molecule has 5 aromatic rings. The van der Waals surface area contributed by atoms with Crippen LogP contribution in [0.15, 0.2) is 97.3 Å². The lowest BCUT2D eigenvalue weighted by Gasteiger charge is -2.34. The molecule has 5 rings (SSSR count). The molecular formula is C29H29N5O2. The van der Waals surface area contributed by atoms with E-state index in [9.17, 15) is 5.11 Å². The summed E-state index contributed by atoms with van der Waals surface area (Å²) in [5.74, 6) is 1.08. The molecule has 36 heavy (non-hydrogen) atoms. The van der Waals surface area contributed by atoms with E-state index in [4.69, 9.17) is 14.8 Å². The van der Waals surface area contributed by atoms with E-state index in [1.807, 2.05) is 66.1 Å². The van der Waals surface area contributed by atoms with Gasteiger partial charge in [-0.15, -0.1) is 0 Å². The molecule has 0 aliphatic carbocycles. The van der Waals surface area contributed by atoms with Crippen molar-refractivity contribution in [1.82, 2.24) is 19.5 Å². The predicted molar refractivity (Wildman–Crippen MR) is 141 cm³/mol. The van der Waals surface area contributed by atoms with Gasteiger partial charge in [0, 0.05) is 12.6 Å². The average Bonchev–Trinajstić information content (AvgIpc) is 3.36. The van der Waals surface area contributed by atoms with Crippen LogP contribution in [0.25, 0.3) is 11.2 Å². The smallest absolute Gasteiger partial charge is 0.181 e. The first-order valence-corrected chi connectivity index (χ1v) is 12.0. The summed E-state index contributed by atoms with van der Waals surface area (Å²) in [4.78, 5) is 20.1. The first-order valence-electron chi connectivity index (χ1n) is 12.0. The van der Waals surface area contributed by atoms with Gasteiger partial charge in [-0.25, -0.2) is 20.4 Å². The number of benzene rings is 3. The van der Waals surface area contributed by atoms with Crippen molar-refractivity contribution >= 4 is 17.0 Å². The highest BCUT2D eigenvalue weighted by molar-refractivity contribution is 5.83. The standard InChI is InChI=1S/C29H29N5O2/c1-21(18-19-35)34-20-30-25-26(33-36-2)31-28(32-27(25)34)29(22-12-6-3-7-13-22,23-14-8-4-9-15-23)24-16-10-5-11-17-24/h3-17,20-21,35H,18-19H2,1-2H3,(H,31,32,33). The van der Waals surface area contributed by atoms with E-state index in [0.717, 1.165) is 16.7 Å². The van der Waals surface area contributed by atoms with Crippen LogP contribution in [-0.2, 0) is 10.3 Å². The number of fused-ring (bicyclic) bond motifs is 1. The van der Waals surface area contributed by atoms with Gasteiger partial charge in [0.05, 0.1) is 13.4 Å². The maximum atomic E-state index is 9.58. The molecule has 2 heterocycles. The zero-order chi connectivity index (χ0) is 25.0. The minimum Gasteiger partial charge on any atom is -0.396 e. The van der Waals surface area contributed by atoms with Gasteiger partial charge in [-0.05, 0) is 30.0 Å². The van der Waals surface area contributed by atoms with E-state index < -0.39 is 5.41 Å². The van der Waals surface area contributed by atoms with Crippen LogP contribution in [0, 0.1) is 0 Å². The summed E-state index contributed by atoms with van der Waals surface area (Å²) in [6.07, 6.45) is 2.33. The molecule has 0 aliphatic rings. The molecule has 0 bridgehead atoms. The van der Waals surface area contributed by atoms with E-state index in [1.54, 1.807) is 13.4 Å². The fourth-order valence-corrected chi connectivity index (χ4v) is 4.85. The van der Waals surface area contributed by atoms with Crippen molar-refractivity contribution in [2.45, 2.75) is 24.8 Å². The first kappa shape index (κ1) is 23.7. The Morgan fingerprint density at radius 2 is 1.39 bits per heavy atom. The van der Waals surface area contributed by atoms with Gasteiger partial charge in [-0.3, -0.25) is 4.84 Å². The Morgan fingerprint density at radius 3 is 1.86 bits per heavy atom. The molecule has 0 saturated carbocycles. The number of hydrogen-bond donors (Lipinski definition) is 2. The van der Waals surface area contributed by atoms with Gasteiger partial charge in [0.15, 0.2) is 22.8 Å². The molecule has 7 nitrogen and oxygen atoms in total. The number of anilines is 1. The average molecular weight is 480 g/mol. The Bertz CT molecular complexity index is 1330. The topological polar surface area (TPSA) is 85.1 Å². The molecule has 0 radical (unpaired) electrons. The normalized spacial score (nSPS) is 12.5. The summed E-state index contributed by atoms with van der Waals surface area (Å²) in [6, 6.07) is 30.9. The highest BCUT2D eigenvalue weighted by Gasteiger charge is 2.42. The summed E-state index contributed by atoms with van der Waals surface area (Å²) in [5, 5.41) is 9.58. The van der Waals surface area contributed by atoms with Crippen LogP contribution in [0.3, 0.4) is 0 Å². The van der Waals surface area contributed by atoms with Gasteiger partial charge in [-0.2, -0.15) is 0 Å². The van der Waals surface area contributed by atoms with E-state index in [1.165, 1.54) is 0 Å². The molecule has 182 valence electrons. The molecule has 2 aromatic heterocycles. The zero-order valence-corrected chi connectivity index (χ0v) is 20.4. The molecule has 7 heteroatoms. The van der Waals surface area contributed by atoms with Gasteiger partial charge in [0.2, 0.25) is 0 Å². The van der Waals surface area contributed by atoms with E-state index in [2.05, 4.69) is 46.9 Å². The van der Waals surface area contributed by atoms with E-state index >= 15 is 0 Å². The second kappa shape index (κ2) is 10.3. The maximum Gasteiger partial charge on any atom is 0.181 e. The van der Waals surface area contributed by atoms with E-state index in [0.29, 0.717) is 29.2 Å². The fourth-order valence-electron chi connectivity index (χ4n) is 4.85. The van der Waals surface area contributed by atoms with Crippen molar-refractivity contribution in [3.63, 3.8) is 0 Å². The number of nitrogens with zero attached hydrogens (tertiary/aromatic N) is 4. The SMILES string of the molecule is CONc1nc(C(c2ccccc2)(c2ccccc2)c2ccccc2)nc2c1ncn2C(C)CCO. The number of aliphatic hydroxyl groups is 1. The minimum absolute atomic E-state index is 0.00211. The van der Waals surface area contributed by atoms with Gasteiger partial charge < -0.3 is 9.67 Å². The Kier molecular flexibility index (Phi) is 6.75. The van der Waals surface area contributed by atoms with Crippen LogP contribution in [0.1, 0.15) is 41.9 Å². The number of hydrogen-bond acceptors (Lipinski definition) is 6. The Hall–Kier alpha value is -4.07. The molecule has 1 atom stereocenters. The molecular weight excluding hydrogens is 450 g/mol. The van der Waals surface area contributed by atoms with Crippen molar-refractivity contribution in [1.29, 1.82) is 0 Å². The van der Waals surface area contributed by atoms with Gasteiger partial charge in [0.1, 0.15) is 5.41 Å². The Balaban J connectivity index is 1.91. The van der Waals surface area contributed by atoms with Gasteiger partial charge >= 0.3 is 0 Å². The third-order valence-corrected chi connectivity index (χ3v) is 6.60. The number of aromatic nitrogens is 4. The minimum atomic E-state index is -0.808. The summed E-state index contributed by atoms with van der Waals surface area (Å²) in [6.45, 7) is 2.12. The first-order chi connectivity index (χ1) is 17.7. The highest BCUT2D eigenvalue weighted by atomic mass is 16.6. The summed E-state index contributed by atoms with van der Waals surface area (Å²) in [7, 11) is 1.55. The van der Waals surface area contributed by atoms with Crippen LogP contribution >= 0.6 is 0 Å². The van der Waals surface area contributed by atoms with Gasteiger partial charge in [0.25, 0.3) is 0 Å². The third-order valence-electron chi connectivity index (χ3n) is 6.60. The molecule has 0 fully saturated rings. The van der Waals surface area contributed by atoms with Crippen LogP contribution in [0.2, 0.25) is 0 Å². The largest absolute Gasteiger partial charge is 0.396 e. The molecule has 0 saturated heterocycles. The lowest BCUT2D eigenvalue weighted by atomic mass is 9.68. The van der Waals surface area contributed by atoms with Crippen LogP contribution < -0.4 is 5.48 Å². The molecule has 2 N–H and O–H groups in total. The lowest BCUT2D eigenvalue weighted by molar-refractivity contribution is 0.264. The monoisotopic (exact) mass is 479 g/mol. The fraction of sp³-hybridized carbons (Fsp3) is 0.207. The lowest BCUT2D eigenvalue weighted by Crippen LogP contribution is -2.33. The summed E-state index contributed by atoms with van der Waals surface area (Å²) >= 11 is 0. The van der Waals surface area contributed by atoms with Crippen molar-refractivity contribution in [2.24, 2.45) is 0 Å². The Morgan fingerprint density at radius 1 is 0.861 bits per heavy atom. The highest BCUT2D eigenvalue weighted by Crippen LogP contribution is 2.44. The van der Waals surface area contributed by atoms with Crippen LogP contribution in [0.5, 0.6) is 0 Å². The van der Waals surface area contributed by atoms with Crippen molar-refractivity contribution in [3.8, 4) is 0 Å². The van der Waals surface area contributed by atoms with Crippen molar-refractivity contribution in [2.75, 3.05) is 19.2 Å². The molecule has 0 amide bonds. The maximum absolute atomic E-state index is 9.58. The molecule has 0 aliphatic heterocycles. The second-order valence-electron chi connectivity index (χ2n) is 8.74. The third kappa shape index (κ3) is 4.02.